The van der Waals surface area contributed by atoms with E-state index in [1.54, 1.807) is 11.8 Å². The first-order valence-corrected chi connectivity index (χ1v) is 5.84. The second kappa shape index (κ2) is 5.60. The van der Waals surface area contributed by atoms with Crippen LogP contribution in [-0.2, 0) is 9.53 Å². The number of hydrogen-bond donors (Lipinski definition) is 0. The molecule has 1 atom stereocenters. The highest BCUT2D eigenvalue weighted by Gasteiger charge is 2.16. The topological polar surface area (TPSA) is 26.3 Å². The van der Waals surface area contributed by atoms with Crippen molar-refractivity contribution in [2.75, 3.05) is 18.6 Å². The van der Waals surface area contributed by atoms with Crippen molar-refractivity contribution in [3.05, 3.63) is 0 Å². The van der Waals surface area contributed by atoms with E-state index in [4.69, 9.17) is 4.74 Å². The minimum atomic E-state index is 0.359. The highest BCUT2D eigenvalue weighted by atomic mass is 32.2. The molecule has 1 saturated heterocycles. The number of thioether (sulfide) groups is 1. The summed E-state index contributed by atoms with van der Waals surface area (Å²) in [5.74, 6) is 1.02. The van der Waals surface area contributed by atoms with Gasteiger partial charge in [-0.15, -0.1) is 0 Å². The van der Waals surface area contributed by atoms with Crippen LogP contribution < -0.4 is 0 Å². The first kappa shape index (κ1) is 10.1. The summed E-state index contributed by atoms with van der Waals surface area (Å²) in [7, 11) is 0. The molecule has 3 heteroatoms. The van der Waals surface area contributed by atoms with Crippen LogP contribution in [0.5, 0.6) is 0 Å². The molecule has 0 N–H and O–H groups in total. The first-order chi connectivity index (χ1) is 5.83. The van der Waals surface area contributed by atoms with E-state index in [1.807, 2.05) is 6.26 Å². The summed E-state index contributed by atoms with van der Waals surface area (Å²) in [5, 5.41) is 0. The Morgan fingerprint density at radius 1 is 1.67 bits per heavy atom. The van der Waals surface area contributed by atoms with Crippen molar-refractivity contribution >= 4 is 17.5 Å². The van der Waals surface area contributed by atoms with Crippen molar-refractivity contribution < 1.29 is 9.53 Å². The third kappa shape index (κ3) is 3.59. The highest BCUT2D eigenvalue weighted by Crippen LogP contribution is 2.17. The first-order valence-electron chi connectivity index (χ1n) is 4.45. The Hall–Kier alpha value is -0.0200. The summed E-state index contributed by atoms with van der Waals surface area (Å²) in [6.07, 6.45) is 6.28. The van der Waals surface area contributed by atoms with Crippen LogP contribution in [0, 0.1) is 0 Å². The molecule has 0 saturated carbocycles. The molecular weight excluding hydrogens is 172 g/mol. The van der Waals surface area contributed by atoms with Crippen molar-refractivity contribution in [1.29, 1.82) is 0 Å². The largest absolute Gasteiger partial charge is 0.378 e. The van der Waals surface area contributed by atoms with E-state index in [1.165, 1.54) is 6.42 Å². The lowest BCUT2D eigenvalue weighted by molar-refractivity contribution is -0.117. The maximum atomic E-state index is 11.1. The Morgan fingerprint density at radius 2 is 2.50 bits per heavy atom. The molecule has 70 valence electrons. The molecule has 1 aliphatic rings. The van der Waals surface area contributed by atoms with Crippen LogP contribution in [0.1, 0.15) is 25.7 Å². The van der Waals surface area contributed by atoms with Gasteiger partial charge in [-0.3, -0.25) is 4.79 Å². The van der Waals surface area contributed by atoms with Gasteiger partial charge in [-0.05, 0) is 25.5 Å². The van der Waals surface area contributed by atoms with Gasteiger partial charge in [0, 0.05) is 13.0 Å². The smallest absolute Gasteiger partial charge is 0.142 e. The number of ether oxygens (including phenoxy) is 1. The van der Waals surface area contributed by atoms with Gasteiger partial charge in [0.05, 0.1) is 11.9 Å². The molecule has 0 aromatic rings. The highest BCUT2D eigenvalue weighted by molar-refractivity contribution is 7.99. The summed E-state index contributed by atoms with van der Waals surface area (Å²) in [4.78, 5) is 11.1. The van der Waals surface area contributed by atoms with E-state index >= 15 is 0 Å². The summed E-state index contributed by atoms with van der Waals surface area (Å²) in [6.45, 7) is 0.890. The fraction of sp³-hybridized carbons (Fsp3) is 0.889. The predicted octanol–water partition coefficient (Wildman–Crippen LogP) is 1.88. The van der Waals surface area contributed by atoms with Gasteiger partial charge in [-0.2, -0.15) is 11.8 Å². The van der Waals surface area contributed by atoms with Gasteiger partial charge in [0.1, 0.15) is 5.78 Å². The minimum Gasteiger partial charge on any atom is -0.378 e. The summed E-state index contributed by atoms with van der Waals surface area (Å²) < 4.78 is 5.42. The number of carbonyl (C=O) groups is 1. The van der Waals surface area contributed by atoms with Crippen molar-refractivity contribution in [1.82, 2.24) is 0 Å². The van der Waals surface area contributed by atoms with Gasteiger partial charge in [0.15, 0.2) is 0 Å². The van der Waals surface area contributed by atoms with Crippen LogP contribution in [0.2, 0.25) is 0 Å². The van der Waals surface area contributed by atoms with Gasteiger partial charge in [0.25, 0.3) is 0 Å². The van der Waals surface area contributed by atoms with E-state index in [0.29, 0.717) is 24.1 Å². The summed E-state index contributed by atoms with van der Waals surface area (Å²) >= 11 is 1.60. The van der Waals surface area contributed by atoms with Gasteiger partial charge >= 0.3 is 0 Å². The number of ketones is 1. The van der Waals surface area contributed by atoms with Crippen LogP contribution in [0.15, 0.2) is 0 Å². The molecule has 0 aliphatic carbocycles. The standard InChI is InChI=1S/C9H16O2S/c1-12-7-8(10)4-5-9-3-2-6-11-9/h9H,2-7H2,1H3. The molecule has 0 amide bonds. The lowest BCUT2D eigenvalue weighted by atomic mass is 10.1. The Morgan fingerprint density at radius 3 is 3.08 bits per heavy atom. The molecule has 0 aromatic carbocycles. The SMILES string of the molecule is CSCC(=O)CCC1CCCO1. The number of carbonyl (C=O) groups excluding carboxylic acids is 1. The molecule has 1 rings (SSSR count). The van der Waals surface area contributed by atoms with Gasteiger partial charge < -0.3 is 4.74 Å². The van der Waals surface area contributed by atoms with Crippen molar-refractivity contribution in [3.63, 3.8) is 0 Å². The summed E-state index contributed by atoms with van der Waals surface area (Å²) in [5.41, 5.74) is 0. The molecule has 1 unspecified atom stereocenters. The number of hydrogen-bond acceptors (Lipinski definition) is 3. The van der Waals surface area contributed by atoms with Gasteiger partial charge in [-0.25, -0.2) is 0 Å². The quantitative estimate of drug-likeness (QED) is 0.659. The zero-order chi connectivity index (χ0) is 8.81. The van der Waals surface area contributed by atoms with Crippen molar-refractivity contribution in [2.45, 2.75) is 31.8 Å². The van der Waals surface area contributed by atoms with Gasteiger partial charge in [-0.1, -0.05) is 0 Å². The lowest BCUT2D eigenvalue weighted by Crippen LogP contribution is -2.09. The maximum Gasteiger partial charge on any atom is 0.142 e. The second-order valence-corrected chi connectivity index (χ2v) is 4.01. The molecule has 0 spiro atoms. The van der Waals surface area contributed by atoms with Crippen LogP contribution >= 0.6 is 11.8 Å². The molecule has 0 aromatic heterocycles. The third-order valence-corrected chi connectivity index (χ3v) is 2.69. The summed E-state index contributed by atoms with van der Waals surface area (Å²) in [6, 6.07) is 0. The number of rotatable bonds is 5. The fourth-order valence-corrected chi connectivity index (χ4v) is 1.89. The molecule has 2 nitrogen and oxygen atoms in total. The van der Waals surface area contributed by atoms with E-state index < -0.39 is 0 Å². The van der Waals surface area contributed by atoms with E-state index in [9.17, 15) is 4.79 Å². The zero-order valence-electron chi connectivity index (χ0n) is 7.54. The Balaban J connectivity index is 2.03. The molecule has 1 aliphatic heterocycles. The predicted molar refractivity (Wildman–Crippen MR) is 51.6 cm³/mol. The molecule has 1 heterocycles. The molecule has 1 fully saturated rings. The van der Waals surface area contributed by atoms with Crippen LogP contribution in [0.3, 0.4) is 0 Å². The Kier molecular flexibility index (Phi) is 4.69. The van der Waals surface area contributed by atoms with Crippen LogP contribution in [0.4, 0.5) is 0 Å². The van der Waals surface area contributed by atoms with Crippen molar-refractivity contribution in [2.24, 2.45) is 0 Å². The van der Waals surface area contributed by atoms with E-state index in [2.05, 4.69) is 0 Å². The molecular formula is C9H16O2S. The third-order valence-electron chi connectivity index (χ3n) is 2.07. The van der Waals surface area contributed by atoms with Crippen LogP contribution in [0.25, 0.3) is 0 Å². The van der Waals surface area contributed by atoms with E-state index in [-0.39, 0.29) is 0 Å². The maximum absolute atomic E-state index is 11.1. The monoisotopic (exact) mass is 188 g/mol. The molecule has 0 radical (unpaired) electrons. The fourth-order valence-electron chi connectivity index (χ4n) is 1.43. The lowest BCUT2D eigenvalue weighted by Gasteiger charge is -2.07. The van der Waals surface area contributed by atoms with Crippen LogP contribution in [-0.4, -0.2) is 30.5 Å². The van der Waals surface area contributed by atoms with Gasteiger partial charge in [0.2, 0.25) is 0 Å². The van der Waals surface area contributed by atoms with E-state index in [0.717, 1.165) is 19.4 Å². The molecule has 0 bridgehead atoms. The van der Waals surface area contributed by atoms with Crippen molar-refractivity contribution in [3.8, 4) is 0 Å². The minimum absolute atomic E-state index is 0.359. The average molecular weight is 188 g/mol. The normalized spacial score (nSPS) is 22.9. The second-order valence-electron chi connectivity index (χ2n) is 3.15. The number of Topliss-reactive ketones (excluding diaryl/α,β-unsaturated/α-hetero) is 1. The average Bonchev–Trinajstić information content (AvgIpc) is 2.53. The Labute approximate surface area is 78.1 Å². The molecule has 12 heavy (non-hydrogen) atoms. The Bertz CT molecular complexity index is 141. The zero-order valence-corrected chi connectivity index (χ0v) is 8.36.